The molecule has 0 saturated carbocycles. The van der Waals surface area contributed by atoms with E-state index in [-0.39, 0.29) is 0 Å². The Kier molecular flexibility index (Phi) is 5.85. The normalized spacial score (nSPS) is 12.8. The van der Waals surface area contributed by atoms with Crippen molar-refractivity contribution in [1.29, 1.82) is 0 Å². The molecule has 1 atom stereocenters. The first kappa shape index (κ1) is 14.7. The van der Waals surface area contributed by atoms with Crippen LogP contribution >= 0.6 is 0 Å². The second kappa shape index (κ2) is 6.35. The van der Waals surface area contributed by atoms with Crippen LogP contribution in [0.15, 0.2) is 0 Å². The molecule has 94 valence electrons. The number of methoxy groups -OCH3 is 1. The van der Waals surface area contributed by atoms with Gasteiger partial charge < -0.3 is 14.8 Å². The van der Waals surface area contributed by atoms with E-state index in [2.05, 4.69) is 10.1 Å². The smallest absolute Gasteiger partial charge is 0.408 e. The summed E-state index contributed by atoms with van der Waals surface area (Å²) < 4.78 is 9.64. The van der Waals surface area contributed by atoms with Crippen molar-refractivity contribution >= 4 is 12.1 Å². The summed E-state index contributed by atoms with van der Waals surface area (Å²) in [6.45, 7) is 7.21. The van der Waals surface area contributed by atoms with Gasteiger partial charge in [-0.15, -0.1) is 0 Å². The third kappa shape index (κ3) is 6.27. The molecule has 0 fully saturated rings. The van der Waals surface area contributed by atoms with Crippen LogP contribution in [0.5, 0.6) is 0 Å². The minimum atomic E-state index is -0.634. The van der Waals surface area contributed by atoms with Gasteiger partial charge in [-0.3, -0.25) is 0 Å². The fourth-order valence-electron chi connectivity index (χ4n) is 1.13. The first-order valence-corrected chi connectivity index (χ1v) is 5.37. The predicted octanol–water partition coefficient (Wildman–Crippen LogP) is 1.85. The Morgan fingerprint density at radius 3 is 2.25 bits per heavy atom. The molecular weight excluding hydrogens is 210 g/mol. The van der Waals surface area contributed by atoms with E-state index in [1.54, 1.807) is 20.8 Å². The zero-order chi connectivity index (χ0) is 12.8. The maximum absolute atomic E-state index is 11.4. The molecule has 0 radical (unpaired) electrons. The maximum Gasteiger partial charge on any atom is 0.408 e. The molecule has 0 aromatic rings. The van der Waals surface area contributed by atoms with Gasteiger partial charge in [-0.2, -0.15) is 0 Å². The van der Waals surface area contributed by atoms with E-state index in [9.17, 15) is 9.59 Å². The number of carbonyl (C=O) groups is 2. The molecule has 0 saturated heterocycles. The summed E-state index contributed by atoms with van der Waals surface area (Å²) in [5.74, 6) is -0.451. The Hall–Kier alpha value is -1.26. The largest absolute Gasteiger partial charge is 0.467 e. The van der Waals surface area contributed by atoms with Gasteiger partial charge in [0.05, 0.1) is 7.11 Å². The van der Waals surface area contributed by atoms with E-state index < -0.39 is 23.7 Å². The summed E-state index contributed by atoms with van der Waals surface area (Å²) >= 11 is 0. The molecule has 0 unspecified atom stereocenters. The van der Waals surface area contributed by atoms with Crippen molar-refractivity contribution in [3.63, 3.8) is 0 Å². The third-order valence-corrected chi connectivity index (χ3v) is 1.75. The van der Waals surface area contributed by atoms with Gasteiger partial charge in [-0.05, 0) is 27.2 Å². The number of amides is 1. The highest BCUT2D eigenvalue weighted by atomic mass is 16.6. The van der Waals surface area contributed by atoms with Crippen molar-refractivity contribution in [2.45, 2.75) is 52.2 Å². The minimum Gasteiger partial charge on any atom is -0.467 e. The molecule has 0 aromatic carbocycles. The Labute approximate surface area is 96.5 Å². The molecular formula is C11H21NO4. The van der Waals surface area contributed by atoms with Gasteiger partial charge in [0, 0.05) is 0 Å². The van der Waals surface area contributed by atoms with Crippen LogP contribution < -0.4 is 5.32 Å². The number of esters is 1. The number of rotatable bonds is 4. The molecule has 5 nitrogen and oxygen atoms in total. The van der Waals surface area contributed by atoms with Crippen LogP contribution in [0.25, 0.3) is 0 Å². The van der Waals surface area contributed by atoms with Crippen LogP contribution in [0.1, 0.15) is 40.5 Å². The Bertz CT molecular complexity index is 245. The third-order valence-electron chi connectivity index (χ3n) is 1.75. The van der Waals surface area contributed by atoms with Crippen molar-refractivity contribution < 1.29 is 19.1 Å². The first-order chi connectivity index (χ1) is 7.30. The van der Waals surface area contributed by atoms with Crippen LogP contribution in [0.4, 0.5) is 4.79 Å². The number of hydrogen-bond acceptors (Lipinski definition) is 4. The quantitative estimate of drug-likeness (QED) is 0.750. The molecule has 0 aliphatic heterocycles. The molecule has 0 bridgehead atoms. The van der Waals surface area contributed by atoms with Gasteiger partial charge >= 0.3 is 12.1 Å². The van der Waals surface area contributed by atoms with Crippen molar-refractivity contribution in [1.82, 2.24) is 5.32 Å². The zero-order valence-electron chi connectivity index (χ0n) is 10.6. The molecule has 16 heavy (non-hydrogen) atoms. The van der Waals surface area contributed by atoms with E-state index >= 15 is 0 Å². The molecule has 1 N–H and O–H groups in total. The van der Waals surface area contributed by atoms with Gasteiger partial charge in [0.1, 0.15) is 11.6 Å². The lowest BCUT2D eigenvalue weighted by molar-refractivity contribution is -0.143. The van der Waals surface area contributed by atoms with Gasteiger partial charge in [0.15, 0.2) is 0 Å². The standard InChI is InChI=1S/C11H21NO4/c1-6-7-8(9(13)15-5)12-10(14)16-11(2,3)4/h8H,6-7H2,1-5H3,(H,12,14)/t8-/m1/s1. The Morgan fingerprint density at radius 1 is 1.31 bits per heavy atom. The molecule has 0 aromatic heterocycles. The number of nitrogens with one attached hydrogen (secondary N) is 1. The van der Waals surface area contributed by atoms with Gasteiger partial charge in [-0.1, -0.05) is 13.3 Å². The highest BCUT2D eigenvalue weighted by Crippen LogP contribution is 2.08. The lowest BCUT2D eigenvalue weighted by Gasteiger charge is -2.22. The predicted molar refractivity (Wildman–Crippen MR) is 60.1 cm³/mol. The van der Waals surface area contributed by atoms with Crippen molar-refractivity contribution in [3.8, 4) is 0 Å². The topological polar surface area (TPSA) is 64.6 Å². The van der Waals surface area contributed by atoms with Crippen molar-refractivity contribution in [3.05, 3.63) is 0 Å². The fourth-order valence-corrected chi connectivity index (χ4v) is 1.13. The highest BCUT2D eigenvalue weighted by molar-refractivity contribution is 5.81. The molecule has 0 aliphatic carbocycles. The Morgan fingerprint density at radius 2 is 1.88 bits per heavy atom. The van der Waals surface area contributed by atoms with Crippen LogP contribution in [-0.4, -0.2) is 30.8 Å². The second-order valence-corrected chi connectivity index (χ2v) is 4.51. The van der Waals surface area contributed by atoms with Crippen LogP contribution in [0, 0.1) is 0 Å². The van der Waals surface area contributed by atoms with Crippen molar-refractivity contribution in [2.24, 2.45) is 0 Å². The summed E-state index contributed by atoms with van der Waals surface area (Å²) in [6.07, 6.45) is 0.706. The van der Waals surface area contributed by atoms with E-state index in [0.29, 0.717) is 6.42 Å². The molecule has 0 rings (SSSR count). The Balaban J connectivity index is 4.29. The van der Waals surface area contributed by atoms with E-state index in [1.807, 2.05) is 6.92 Å². The van der Waals surface area contributed by atoms with Gasteiger partial charge in [0.25, 0.3) is 0 Å². The van der Waals surface area contributed by atoms with E-state index in [0.717, 1.165) is 6.42 Å². The number of carbonyl (C=O) groups excluding carboxylic acids is 2. The van der Waals surface area contributed by atoms with Crippen LogP contribution in [-0.2, 0) is 14.3 Å². The first-order valence-electron chi connectivity index (χ1n) is 5.37. The average molecular weight is 231 g/mol. The number of alkyl carbamates (subject to hydrolysis) is 1. The molecule has 0 aliphatic rings. The minimum absolute atomic E-state index is 0.451. The van der Waals surface area contributed by atoms with Gasteiger partial charge in [-0.25, -0.2) is 9.59 Å². The number of hydrogen-bond donors (Lipinski definition) is 1. The fraction of sp³-hybridized carbons (Fsp3) is 0.818. The van der Waals surface area contributed by atoms with Crippen molar-refractivity contribution in [2.75, 3.05) is 7.11 Å². The molecule has 1 amide bonds. The summed E-state index contributed by atoms with van der Waals surface area (Å²) in [6, 6.07) is -0.634. The summed E-state index contributed by atoms with van der Waals surface area (Å²) in [5, 5.41) is 2.49. The maximum atomic E-state index is 11.4. The van der Waals surface area contributed by atoms with E-state index in [4.69, 9.17) is 4.74 Å². The highest BCUT2D eigenvalue weighted by Gasteiger charge is 2.23. The SMILES string of the molecule is CCC[C@@H](NC(=O)OC(C)(C)C)C(=O)OC. The van der Waals surface area contributed by atoms with E-state index in [1.165, 1.54) is 7.11 Å². The van der Waals surface area contributed by atoms with Crippen LogP contribution in [0.2, 0.25) is 0 Å². The summed E-state index contributed by atoms with van der Waals surface area (Å²) in [7, 11) is 1.29. The average Bonchev–Trinajstić information content (AvgIpc) is 2.13. The van der Waals surface area contributed by atoms with Gasteiger partial charge in [0.2, 0.25) is 0 Å². The molecule has 0 heterocycles. The summed E-state index contributed by atoms with van der Waals surface area (Å²) in [5.41, 5.74) is -0.572. The summed E-state index contributed by atoms with van der Waals surface area (Å²) in [4.78, 5) is 22.7. The molecule has 5 heteroatoms. The second-order valence-electron chi connectivity index (χ2n) is 4.51. The zero-order valence-corrected chi connectivity index (χ0v) is 10.6. The monoisotopic (exact) mass is 231 g/mol. The lowest BCUT2D eigenvalue weighted by atomic mass is 10.2. The van der Waals surface area contributed by atoms with Crippen LogP contribution in [0.3, 0.4) is 0 Å². The lowest BCUT2D eigenvalue weighted by Crippen LogP contribution is -2.43. The molecule has 0 spiro atoms. The number of ether oxygens (including phenoxy) is 2.